The maximum atomic E-state index is 14.4. The molecule has 8 heteroatoms. The smallest absolute Gasteiger partial charge is 0.242 e. The number of anilines is 1. The van der Waals surface area contributed by atoms with E-state index in [1.807, 2.05) is 29.8 Å². The van der Waals surface area contributed by atoms with Crippen LogP contribution in [0.25, 0.3) is 5.69 Å². The molecule has 0 radical (unpaired) electrons. The third-order valence-corrected chi connectivity index (χ3v) is 8.53. The van der Waals surface area contributed by atoms with E-state index in [-0.39, 0.29) is 11.9 Å². The first-order chi connectivity index (χ1) is 20.5. The summed E-state index contributed by atoms with van der Waals surface area (Å²) < 4.78 is 30.0. The predicted molar refractivity (Wildman–Crippen MR) is 161 cm³/mol. The zero-order chi connectivity index (χ0) is 29.1. The molecule has 0 fully saturated rings. The molecule has 42 heavy (non-hydrogen) atoms. The summed E-state index contributed by atoms with van der Waals surface area (Å²) in [6.07, 6.45) is 8.82. The summed E-state index contributed by atoms with van der Waals surface area (Å²) in [5.74, 6) is -0.739. The number of fused-ring (bicyclic) bond motifs is 2. The normalized spacial score (nSPS) is 17.1. The molecular weight excluding hydrogens is 532 g/mol. The highest BCUT2D eigenvalue weighted by Gasteiger charge is 2.27. The lowest BCUT2D eigenvalue weighted by atomic mass is 9.87. The average Bonchev–Trinajstić information content (AvgIpc) is 3.63. The molecule has 3 aromatic carbocycles. The number of aryl methyl sites for hydroxylation is 1. The van der Waals surface area contributed by atoms with E-state index in [4.69, 9.17) is 0 Å². The molecule has 218 valence electrons. The fourth-order valence-electron chi connectivity index (χ4n) is 6.39. The molecule has 0 saturated carbocycles. The van der Waals surface area contributed by atoms with E-state index in [2.05, 4.69) is 57.3 Å². The highest BCUT2D eigenvalue weighted by Crippen LogP contribution is 2.26. The Morgan fingerprint density at radius 1 is 1.00 bits per heavy atom. The second kappa shape index (κ2) is 12.5. The first kappa shape index (κ1) is 28.2. The second-order valence-corrected chi connectivity index (χ2v) is 11.5. The Hall–Kier alpha value is -3.88. The molecule has 1 heterocycles. The van der Waals surface area contributed by atoms with Crippen LogP contribution in [-0.2, 0) is 37.0 Å². The quantitative estimate of drug-likeness (QED) is 0.231. The van der Waals surface area contributed by atoms with Crippen molar-refractivity contribution in [3.8, 4) is 5.69 Å². The van der Waals surface area contributed by atoms with Gasteiger partial charge in [-0.1, -0.05) is 55.8 Å². The van der Waals surface area contributed by atoms with Gasteiger partial charge in [0.25, 0.3) is 0 Å². The molecule has 2 atom stereocenters. The van der Waals surface area contributed by atoms with Gasteiger partial charge in [-0.15, -0.1) is 0 Å². The van der Waals surface area contributed by atoms with Gasteiger partial charge in [0, 0.05) is 24.7 Å². The van der Waals surface area contributed by atoms with Crippen LogP contribution in [0.1, 0.15) is 54.0 Å². The fraction of sp³-hybridized carbons (Fsp3) is 0.353. The average molecular weight is 570 g/mol. The van der Waals surface area contributed by atoms with Crippen LogP contribution in [0.15, 0.2) is 73.2 Å². The van der Waals surface area contributed by atoms with Gasteiger partial charge >= 0.3 is 0 Å². The third-order valence-electron chi connectivity index (χ3n) is 8.53. The van der Waals surface area contributed by atoms with Crippen molar-refractivity contribution in [2.45, 2.75) is 76.5 Å². The van der Waals surface area contributed by atoms with Gasteiger partial charge in [-0.25, -0.2) is 13.8 Å². The van der Waals surface area contributed by atoms with E-state index >= 15 is 0 Å². The largest absolute Gasteiger partial charge is 0.309 e. The molecule has 0 spiro atoms. The van der Waals surface area contributed by atoms with E-state index in [0.29, 0.717) is 36.7 Å². The van der Waals surface area contributed by atoms with Crippen molar-refractivity contribution in [1.29, 1.82) is 0 Å². The van der Waals surface area contributed by atoms with Crippen LogP contribution in [0.3, 0.4) is 0 Å². The maximum Gasteiger partial charge on any atom is 0.242 e. The molecule has 4 aromatic rings. The van der Waals surface area contributed by atoms with Crippen molar-refractivity contribution >= 4 is 11.7 Å². The second-order valence-electron chi connectivity index (χ2n) is 11.5. The number of hydrogen-bond acceptors (Lipinski definition) is 4. The van der Waals surface area contributed by atoms with Crippen LogP contribution < -0.4 is 16.0 Å². The number of nitrogens with zero attached hydrogens (tertiary/aromatic N) is 2. The number of benzene rings is 3. The van der Waals surface area contributed by atoms with Crippen LogP contribution in [0.2, 0.25) is 0 Å². The summed E-state index contributed by atoms with van der Waals surface area (Å²) in [4.78, 5) is 17.8. The van der Waals surface area contributed by atoms with Gasteiger partial charge in [0.2, 0.25) is 5.91 Å². The monoisotopic (exact) mass is 569 g/mol. The first-order valence-electron chi connectivity index (χ1n) is 14.9. The molecule has 6 nitrogen and oxygen atoms in total. The lowest BCUT2D eigenvalue weighted by Gasteiger charge is -2.29. The van der Waals surface area contributed by atoms with Crippen molar-refractivity contribution in [2.75, 3.05) is 5.32 Å². The van der Waals surface area contributed by atoms with Crippen LogP contribution in [0.4, 0.5) is 14.6 Å². The fourth-order valence-corrected chi connectivity index (χ4v) is 6.39. The lowest BCUT2D eigenvalue weighted by Crippen LogP contribution is -2.48. The van der Waals surface area contributed by atoms with Crippen molar-refractivity contribution in [2.24, 2.45) is 0 Å². The Bertz CT molecular complexity index is 1540. The molecule has 0 saturated heterocycles. The van der Waals surface area contributed by atoms with E-state index < -0.39 is 17.7 Å². The standard InChI is InChI=1S/C34H37F2N5O/c1-2-7-31(39-27-13-12-24-14-26(35)17-30(36)29(24)18-27)34(42)40-33-20-41(21-38-33)32-11-6-5-10-25(32)19-37-28-15-22-8-3-4-9-23(22)16-28/h3-6,8-11,14,17,20-21,27-28,31,37,39H,2,7,12-13,15-16,18-19H2,1H3,(H,40,42)/t27-,31+/m0/s1. The topological polar surface area (TPSA) is 71.0 Å². The van der Waals surface area contributed by atoms with Crippen molar-refractivity contribution in [1.82, 2.24) is 20.2 Å². The van der Waals surface area contributed by atoms with E-state index in [1.54, 1.807) is 6.33 Å². The molecular formula is C34H37F2N5O. The number of nitrogens with one attached hydrogen (secondary N) is 3. The Balaban J connectivity index is 1.08. The highest BCUT2D eigenvalue weighted by atomic mass is 19.1. The van der Waals surface area contributed by atoms with E-state index in [0.717, 1.165) is 55.1 Å². The molecule has 0 bridgehead atoms. The van der Waals surface area contributed by atoms with Gasteiger partial charge in [-0.05, 0) is 78.5 Å². The summed E-state index contributed by atoms with van der Waals surface area (Å²) in [6.45, 7) is 2.76. The highest BCUT2D eigenvalue weighted by molar-refractivity contribution is 5.94. The number of aromatic nitrogens is 2. The number of hydrogen-bond donors (Lipinski definition) is 3. The molecule has 2 aliphatic rings. The molecule has 1 aromatic heterocycles. The van der Waals surface area contributed by atoms with E-state index in [1.165, 1.54) is 17.2 Å². The first-order valence-corrected chi connectivity index (χ1v) is 14.9. The number of carbonyl (C=O) groups is 1. The predicted octanol–water partition coefficient (Wildman–Crippen LogP) is 5.66. The molecule has 6 rings (SSSR count). The van der Waals surface area contributed by atoms with Crippen LogP contribution in [0, 0.1) is 11.6 Å². The van der Waals surface area contributed by atoms with Gasteiger partial charge in [0.05, 0.1) is 17.9 Å². The molecule has 0 unspecified atom stereocenters. The number of rotatable bonds is 10. The third kappa shape index (κ3) is 6.30. The number of carbonyl (C=O) groups excluding carboxylic acids is 1. The minimum Gasteiger partial charge on any atom is -0.309 e. The van der Waals surface area contributed by atoms with Crippen LogP contribution >= 0.6 is 0 Å². The van der Waals surface area contributed by atoms with Crippen LogP contribution in [0.5, 0.6) is 0 Å². The zero-order valence-electron chi connectivity index (χ0n) is 23.9. The number of para-hydroxylation sites is 1. The molecule has 3 N–H and O–H groups in total. The van der Waals surface area contributed by atoms with Gasteiger partial charge in [0.1, 0.15) is 18.0 Å². The zero-order valence-corrected chi connectivity index (χ0v) is 23.9. The Morgan fingerprint density at radius 3 is 2.55 bits per heavy atom. The van der Waals surface area contributed by atoms with Gasteiger partial charge in [0.15, 0.2) is 5.82 Å². The number of amides is 1. The summed E-state index contributed by atoms with van der Waals surface area (Å²) in [5.41, 5.74) is 6.27. The minimum atomic E-state index is -0.543. The molecule has 1 amide bonds. The summed E-state index contributed by atoms with van der Waals surface area (Å²) in [7, 11) is 0. The Labute approximate surface area is 245 Å². The number of halogens is 2. The SMILES string of the molecule is CCC[C@@H](N[C@H]1CCc2cc(F)cc(F)c2C1)C(=O)Nc1cn(-c2ccccc2CNC2Cc3ccccc3C2)cn1. The maximum absolute atomic E-state index is 14.4. The van der Waals surface area contributed by atoms with Gasteiger partial charge in [-0.2, -0.15) is 0 Å². The lowest BCUT2D eigenvalue weighted by molar-refractivity contribution is -0.118. The summed E-state index contributed by atoms with van der Waals surface area (Å²) >= 11 is 0. The summed E-state index contributed by atoms with van der Waals surface area (Å²) in [6, 6.07) is 19.1. The Morgan fingerprint density at radius 2 is 1.76 bits per heavy atom. The minimum absolute atomic E-state index is 0.0654. The van der Waals surface area contributed by atoms with Crippen LogP contribution in [-0.4, -0.2) is 33.6 Å². The van der Waals surface area contributed by atoms with Crippen molar-refractivity contribution in [3.05, 3.63) is 113 Å². The molecule has 0 aliphatic heterocycles. The van der Waals surface area contributed by atoms with Crippen molar-refractivity contribution < 1.29 is 13.6 Å². The number of imidazole rings is 1. The van der Waals surface area contributed by atoms with E-state index in [9.17, 15) is 13.6 Å². The van der Waals surface area contributed by atoms with Gasteiger partial charge < -0.3 is 20.5 Å². The Kier molecular flexibility index (Phi) is 8.44. The van der Waals surface area contributed by atoms with Gasteiger partial charge in [-0.3, -0.25) is 4.79 Å². The van der Waals surface area contributed by atoms with Crippen molar-refractivity contribution in [3.63, 3.8) is 0 Å². The summed E-state index contributed by atoms with van der Waals surface area (Å²) in [5, 5.41) is 10.1. The molecule has 2 aliphatic carbocycles.